The van der Waals surface area contributed by atoms with Gasteiger partial charge >= 0.3 is 12.2 Å². The van der Waals surface area contributed by atoms with Crippen molar-refractivity contribution >= 4 is 123 Å². The molecule has 2 saturated heterocycles. The van der Waals surface area contributed by atoms with Crippen molar-refractivity contribution < 1.29 is 37.8 Å². The number of benzene rings is 3. The number of thiazole rings is 1. The molecule has 77 heavy (non-hydrogen) atoms. The van der Waals surface area contributed by atoms with Gasteiger partial charge in [0.05, 0.1) is 59.6 Å². The first-order valence-electron chi connectivity index (χ1n) is 24.7. The summed E-state index contributed by atoms with van der Waals surface area (Å²) in [6.07, 6.45) is 7.31. The van der Waals surface area contributed by atoms with Crippen LogP contribution in [-0.4, -0.2) is 106 Å². The molecular weight excluding hydrogens is 1080 g/mol. The number of carbonyl (C=O) groups is 4. The number of aromatic nitrogens is 2. The zero-order valence-electron chi connectivity index (χ0n) is 43.5. The van der Waals surface area contributed by atoms with E-state index >= 15 is 4.39 Å². The maximum atomic E-state index is 17.1. The van der Waals surface area contributed by atoms with Gasteiger partial charge < -0.3 is 34.6 Å². The van der Waals surface area contributed by atoms with E-state index in [1.54, 1.807) is 29.4 Å². The molecule has 5 atom stereocenters. The van der Waals surface area contributed by atoms with Gasteiger partial charge in [0.25, 0.3) is 0 Å². The lowest BCUT2D eigenvalue weighted by atomic mass is 9.95. The van der Waals surface area contributed by atoms with Gasteiger partial charge in [-0.3, -0.25) is 24.1 Å². The Balaban J connectivity index is 0.00000240. The summed E-state index contributed by atoms with van der Waals surface area (Å²) in [4.78, 5) is 71.2. The summed E-state index contributed by atoms with van der Waals surface area (Å²) in [5.41, 5.74) is 8.18. The summed E-state index contributed by atoms with van der Waals surface area (Å²) in [5.74, 6) is -0.799. The molecule has 3 aromatic carbocycles. The van der Waals surface area contributed by atoms with Crippen LogP contribution in [0.2, 0.25) is 0 Å². The number of halogens is 1. The number of allylic oxidation sites excluding steroid dienone is 2. The lowest BCUT2D eigenvalue weighted by Crippen LogP contribution is -2.53. The lowest BCUT2D eigenvalue weighted by Gasteiger charge is -2.31. The molecule has 7 heterocycles. The summed E-state index contributed by atoms with van der Waals surface area (Å²) >= 11 is 1.45. The van der Waals surface area contributed by atoms with Crippen molar-refractivity contribution in [2.45, 2.75) is 96.6 Å². The number of carbonyl (C=O) groups excluding carboxylic acids is 4. The number of hydrogen-bond acceptors (Lipinski definition) is 12. The fourth-order valence-electron chi connectivity index (χ4n) is 10.7. The number of amides is 4. The number of methoxy groups -OCH3 is 2. The molecular formula is C55H64FN9O7S5. The van der Waals surface area contributed by atoms with Crippen molar-refractivity contribution in [3.8, 4) is 33.5 Å². The SMILES string of the molecule is COC(=O)N[C@H](C(=O)N1CCC[C@H]1C1=NC=C(c2cc(F)c3c(c2)OC(c2ncc(-c4ccc(C#N)cc4)s2)n2c-3cc3cc(C4=CN=C([C@@H]5CCCN5C(=O)[C@@H](NC(=O)OC)C(C)C)C4)ccc32)C1)C(C)C.S.S.S.S. The quantitative estimate of drug-likeness (QED) is 0.122. The molecule has 0 spiro atoms. The standard InChI is InChI=1S/C55H56FN9O7S.4H2S/c1-29(2)48(61-54(68)70-5)51(66)63-17-7-9-42(63)39-21-36(26-58-39)33-15-16-41-35(19-33)23-44-47-38(56)20-34(24-45(47)72-53(65(41)44)50-60-28-46(73-50)32-13-11-31(25-57)12-14-32)37-22-40(59-27-37)43-10-8-18-64(43)52(67)49(30(3)4)62-55(69)71-6;;;;/h11-16,19-20,23-24,26-30,42-43,48-49,53H,7-10,17-18,21-22H2,1-6H3,(H,61,68)(H,62,69);4*1H2/t42-,43-,48-,49-,53?;;;;/m0..../s1. The Kier molecular flexibility index (Phi) is 19.5. The van der Waals surface area contributed by atoms with Crippen molar-refractivity contribution in [3.63, 3.8) is 0 Å². The van der Waals surface area contributed by atoms with Crippen LogP contribution < -0.4 is 15.4 Å². The molecule has 0 radical (unpaired) electrons. The van der Waals surface area contributed by atoms with E-state index in [1.807, 2.05) is 79.8 Å². The Morgan fingerprint density at radius 2 is 1.30 bits per heavy atom. The molecule has 4 amide bonds. The Hall–Kier alpha value is -6.25. The van der Waals surface area contributed by atoms with Crippen LogP contribution >= 0.6 is 65.3 Å². The van der Waals surface area contributed by atoms with Gasteiger partial charge in [-0.05, 0) is 108 Å². The Morgan fingerprint density at radius 3 is 1.83 bits per heavy atom. The molecule has 2 N–H and O–H groups in total. The van der Waals surface area contributed by atoms with E-state index in [1.165, 1.54) is 31.6 Å². The minimum absolute atomic E-state index is 0. The van der Waals surface area contributed by atoms with E-state index < -0.39 is 36.3 Å². The highest BCUT2D eigenvalue weighted by Gasteiger charge is 2.41. The van der Waals surface area contributed by atoms with Crippen LogP contribution in [0.4, 0.5) is 14.0 Å². The average molecular weight is 1140 g/mol. The van der Waals surface area contributed by atoms with Crippen LogP contribution in [-0.2, 0) is 19.1 Å². The third kappa shape index (κ3) is 11.7. The number of alkyl carbamates (subject to hydrolysis) is 2. The topological polar surface area (TPSA) is 193 Å². The molecule has 0 aliphatic carbocycles. The highest BCUT2D eigenvalue weighted by atomic mass is 32.1. The second-order valence-corrected chi connectivity index (χ2v) is 20.8. The first-order chi connectivity index (χ1) is 35.2. The van der Waals surface area contributed by atoms with Gasteiger partial charge in [-0.15, -0.1) is 11.3 Å². The van der Waals surface area contributed by atoms with Crippen LogP contribution in [0.5, 0.6) is 5.75 Å². The molecule has 10 rings (SSSR count). The third-order valence-electron chi connectivity index (χ3n) is 14.5. The van der Waals surface area contributed by atoms with Crippen molar-refractivity contribution in [2.24, 2.45) is 21.8 Å². The minimum atomic E-state index is -0.776. The van der Waals surface area contributed by atoms with Crippen molar-refractivity contribution in [3.05, 3.63) is 107 Å². The van der Waals surface area contributed by atoms with Gasteiger partial charge in [-0.1, -0.05) is 45.9 Å². The van der Waals surface area contributed by atoms with Crippen molar-refractivity contribution in [1.82, 2.24) is 30.0 Å². The number of hydrogen-bond donors (Lipinski definition) is 2. The van der Waals surface area contributed by atoms with Crippen LogP contribution in [0.3, 0.4) is 0 Å². The summed E-state index contributed by atoms with van der Waals surface area (Å²) in [6.45, 7) is 8.63. The molecule has 5 aliphatic rings. The Morgan fingerprint density at radius 1 is 0.753 bits per heavy atom. The maximum absolute atomic E-state index is 17.1. The van der Waals surface area contributed by atoms with E-state index in [-0.39, 0.29) is 89.7 Å². The van der Waals surface area contributed by atoms with Gasteiger partial charge in [0, 0.05) is 61.3 Å². The van der Waals surface area contributed by atoms with E-state index in [0.29, 0.717) is 65.5 Å². The van der Waals surface area contributed by atoms with Gasteiger partial charge in [0.2, 0.25) is 18.0 Å². The minimum Gasteiger partial charge on any atom is -0.462 e. The maximum Gasteiger partial charge on any atom is 0.407 e. The summed E-state index contributed by atoms with van der Waals surface area (Å²) in [7, 11) is 2.55. The second-order valence-electron chi connectivity index (χ2n) is 19.7. The average Bonchev–Trinajstić information content (AvgIpc) is 4.27. The highest BCUT2D eigenvalue weighted by molar-refractivity contribution is 7.59. The summed E-state index contributed by atoms with van der Waals surface area (Å²) in [6, 6.07) is 19.0. The molecule has 408 valence electrons. The largest absolute Gasteiger partial charge is 0.462 e. The third-order valence-corrected chi connectivity index (χ3v) is 15.6. The van der Waals surface area contributed by atoms with E-state index in [0.717, 1.165) is 68.7 Å². The highest BCUT2D eigenvalue weighted by Crippen LogP contribution is 2.48. The van der Waals surface area contributed by atoms with Crippen LogP contribution in [0.1, 0.15) is 94.1 Å². The molecule has 1 unspecified atom stereocenters. The van der Waals surface area contributed by atoms with Gasteiger partial charge in [0.1, 0.15) is 23.7 Å². The number of ether oxygens (including phenoxy) is 3. The molecule has 5 aromatic rings. The molecule has 16 nitrogen and oxygen atoms in total. The van der Waals surface area contributed by atoms with E-state index in [4.69, 9.17) is 29.2 Å². The van der Waals surface area contributed by atoms with Crippen molar-refractivity contribution in [2.75, 3.05) is 27.3 Å². The number of nitriles is 1. The smallest absolute Gasteiger partial charge is 0.407 e. The number of nitrogens with zero attached hydrogens (tertiary/aromatic N) is 7. The number of rotatable bonds is 12. The molecule has 5 aliphatic heterocycles. The molecule has 0 bridgehead atoms. The Labute approximate surface area is 479 Å². The van der Waals surface area contributed by atoms with Crippen molar-refractivity contribution in [1.29, 1.82) is 5.26 Å². The van der Waals surface area contributed by atoms with Gasteiger partial charge in [-0.25, -0.2) is 19.0 Å². The predicted octanol–water partition coefficient (Wildman–Crippen LogP) is 9.95. The second kappa shape index (κ2) is 25.0. The Bertz CT molecular complexity index is 3240. The zero-order valence-corrected chi connectivity index (χ0v) is 48.3. The van der Waals surface area contributed by atoms with E-state index in [2.05, 4.69) is 22.8 Å². The first kappa shape index (κ1) is 60.0. The zero-order chi connectivity index (χ0) is 51.2. The van der Waals surface area contributed by atoms with E-state index in [9.17, 15) is 24.4 Å². The normalized spacial score (nSPS) is 18.8. The number of nitrogens with one attached hydrogen (secondary N) is 2. The first-order valence-corrected chi connectivity index (χ1v) is 25.5. The summed E-state index contributed by atoms with van der Waals surface area (Å²) in [5, 5.41) is 16.3. The number of fused-ring (bicyclic) bond motifs is 5. The monoisotopic (exact) mass is 1140 g/mol. The lowest BCUT2D eigenvalue weighted by molar-refractivity contribution is -0.134. The summed E-state index contributed by atoms with van der Waals surface area (Å²) < 4.78 is 35.6. The molecule has 0 saturated carbocycles. The molecule has 2 aromatic heterocycles. The number of aliphatic imine (C=N–C) groups is 2. The fraction of sp³-hybridized carbons (Fsp3) is 0.382. The van der Waals surface area contributed by atoms with Gasteiger partial charge in [0.15, 0.2) is 5.01 Å². The van der Waals surface area contributed by atoms with Crippen LogP contribution in [0.15, 0.2) is 89.2 Å². The molecule has 2 fully saturated rings. The molecule has 22 heteroatoms. The predicted molar refractivity (Wildman–Crippen MR) is 318 cm³/mol. The number of likely N-dealkylation sites (tertiary alicyclic amines) is 2. The van der Waals surface area contributed by atoms with Gasteiger partial charge in [-0.2, -0.15) is 59.2 Å². The fourth-order valence-corrected chi connectivity index (χ4v) is 11.7. The van der Waals surface area contributed by atoms with Crippen LogP contribution in [0, 0.1) is 29.0 Å². The van der Waals surface area contributed by atoms with Crippen LogP contribution in [0.25, 0.3) is 43.7 Å².